The number of hydrogen-bond donors (Lipinski definition) is 1. The lowest BCUT2D eigenvalue weighted by atomic mass is 10.3. The molecule has 142 valence electrons. The summed E-state index contributed by atoms with van der Waals surface area (Å²) >= 11 is 0.950. The van der Waals surface area contributed by atoms with Crippen molar-refractivity contribution in [3.8, 4) is 0 Å². The minimum absolute atomic E-state index is 0.0148. The molecular weight excluding hydrogens is 394 g/mol. The van der Waals surface area contributed by atoms with E-state index in [1.807, 2.05) is 0 Å². The number of benzene rings is 1. The van der Waals surface area contributed by atoms with Crippen LogP contribution >= 0.6 is 11.3 Å². The van der Waals surface area contributed by atoms with Crippen LogP contribution in [0.1, 0.15) is 30.3 Å². The highest BCUT2D eigenvalue weighted by Crippen LogP contribution is 2.25. The summed E-state index contributed by atoms with van der Waals surface area (Å²) in [5.74, 6) is -1.27. The SMILES string of the molecule is CCOC(=O)c1csc(NS(=O)(=O)c2ccc(N3C(=O)CCC3=O)cc2)n1. The highest BCUT2D eigenvalue weighted by Gasteiger charge is 2.30. The third-order valence-electron chi connectivity index (χ3n) is 3.67. The Kier molecular flexibility index (Phi) is 5.24. The number of amides is 2. The van der Waals surface area contributed by atoms with Crippen LogP contribution in [0.15, 0.2) is 34.5 Å². The van der Waals surface area contributed by atoms with Gasteiger partial charge in [-0.05, 0) is 31.2 Å². The molecule has 1 saturated heterocycles. The molecule has 0 aliphatic carbocycles. The van der Waals surface area contributed by atoms with Crippen molar-refractivity contribution in [1.29, 1.82) is 0 Å². The Labute approximate surface area is 159 Å². The van der Waals surface area contributed by atoms with Crippen LogP contribution in [0.3, 0.4) is 0 Å². The van der Waals surface area contributed by atoms with Gasteiger partial charge in [-0.3, -0.25) is 19.2 Å². The largest absolute Gasteiger partial charge is 0.461 e. The van der Waals surface area contributed by atoms with Gasteiger partial charge in [0.05, 0.1) is 17.2 Å². The van der Waals surface area contributed by atoms with Crippen molar-refractivity contribution < 1.29 is 27.5 Å². The third kappa shape index (κ3) is 3.98. The third-order valence-corrected chi connectivity index (χ3v) is 5.91. The van der Waals surface area contributed by atoms with Crippen molar-refractivity contribution >= 4 is 50.0 Å². The van der Waals surface area contributed by atoms with E-state index in [9.17, 15) is 22.8 Å². The molecule has 0 atom stereocenters. The first-order chi connectivity index (χ1) is 12.8. The number of nitrogens with zero attached hydrogens (tertiary/aromatic N) is 2. The van der Waals surface area contributed by atoms with Gasteiger partial charge in [0.1, 0.15) is 0 Å². The zero-order valence-electron chi connectivity index (χ0n) is 14.2. The summed E-state index contributed by atoms with van der Waals surface area (Å²) in [5, 5.41) is 1.41. The summed E-state index contributed by atoms with van der Waals surface area (Å²) in [5.41, 5.74) is 0.334. The van der Waals surface area contributed by atoms with E-state index in [1.54, 1.807) is 6.92 Å². The van der Waals surface area contributed by atoms with Crippen LogP contribution < -0.4 is 9.62 Å². The lowest BCUT2D eigenvalue weighted by molar-refractivity contribution is -0.121. The highest BCUT2D eigenvalue weighted by molar-refractivity contribution is 7.93. The Morgan fingerprint density at radius 2 is 1.85 bits per heavy atom. The lowest BCUT2D eigenvalue weighted by Crippen LogP contribution is -2.28. The van der Waals surface area contributed by atoms with Gasteiger partial charge in [-0.1, -0.05) is 0 Å². The van der Waals surface area contributed by atoms with Gasteiger partial charge in [0, 0.05) is 18.2 Å². The molecule has 0 unspecified atom stereocenters. The smallest absolute Gasteiger partial charge is 0.357 e. The Bertz CT molecular complexity index is 981. The molecule has 11 heteroatoms. The molecule has 0 saturated carbocycles. The van der Waals surface area contributed by atoms with Crippen molar-refractivity contribution in [2.24, 2.45) is 0 Å². The monoisotopic (exact) mass is 409 g/mol. The molecule has 27 heavy (non-hydrogen) atoms. The van der Waals surface area contributed by atoms with E-state index < -0.39 is 16.0 Å². The molecule has 1 fully saturated rings. The van der Waals surface area contributed by atoms with E-state index in [0.717, 1.165) is 16.2 Å². The Balaban J connectivity index is 1.76. The molecule has 1 aliphatic rings. The molecule has 3 rings (SSSR count). The topological polar surface area (TPSA) is 123 Å². The number of aromatic nitrogens is 1. The van der Waals surface area contributed by atoms with Gasteiger partial charge in [0.2, 0.25) is 11.8 Å². The van der Waals surface area contributed by atoms with E-state index in [4.69, 9.17) is 4.74 Å². The Morgan fingerprint density at radius 1 is 1.22 bits per heavy atom. The van der Waals surface area contributed by atoms with Gasteiger partial charge in [-0.15, -0.1) is 11.3 Å². The number of thiazole rings is 1. The van der Waals surface area contributed by atoms with Gasteiger partial charge in [0.25, 0.3) is 10.0 Å². The second-order valence-corrected chi connectivity index (χ2v) is 8.02. The average molecular weight is 409 g/mol. The van der Waals surface area contributed by atoms with E-state index in [0.29, 0.717) is 5.69 Å². The Morgan fingerprint density at radius 3 is 2.44 bits per heavy atom. The van der Waals surface area contributed by atoms with Crippen molar-refractivity contribution in [3.63, 3.8) is 0 Å². The van der Waals surface area contributed by atoms with Crippen LogP contribution in [0.4, 0.5) is 10.8 Å². The van der Waals surface area contributed by atoms with Gasteiger partial charge < -0.3 is 4.74 Å². The maximum atomic E-state index is 12.5. The second-order valence-electron chi connectivity index (χ2n) is 5.48. The van der Waals surface area contributed by atoms with E-state index in [1.165, 1.54) is 29.6 Å². The summed E-state index contributed by atoms with van der Waals surface area (Å²) in [7, 11) is -3.95. The highest BCUT2D eigenvalue weighted by atomic mass is 32.2. The minimum atomic E-state index is -3.95. The lowest BCUT2D eigenvalue weighted by Gasteiger charge is -2.14. The fourth-order valence-electron chi connectivity index (χ4n) is 2.43. The second kappa shape index (κ2) is 7.45. The molecule has 1 aliphatic heterocycles. The zero-order valence-corrected chi connectivity index (χ0v) is 15.8. The number of ether oxygens (including phenoxy) is 1. The van der Waals surface area contributed by atoms with Gasteiger partial charge in [-0.2, -0.15) is 0 Å². The number of carbonyl (C=O) groups is 3. The maximum absolute atomic E-state index is 12.5. The fourth-order valence-corrected chi connectivity index (χ4v) is 4.36. The molecule has 0 bridgehead atoms. The number of sulfonamides is 1. The number of nitrogens with one attached hydrogen (secondary N) is 1. The number of imide groups is 1. The average Bonchev–Trinajstić information content (AvgIpc) is 3.21. The van der Waals surface area contributed by atoms with Crippen LogP contribution in [0.5, 0.6) is 0 Å². The van der Waals surface area contributed by atoms with Crippen LogP contribution in [-0.2, 0) is 24.3 Å². The van der Waals surface area contributed by atoms with Gasteiger partial charge in [0.15, 0.2) is 10.8 Å². The van der Waals surface area contributed by atoms with E-state index >= 15 is 0 Å². The van der Waals surface area contributed by atoms with Crippen molar-refractivity contribution in [1.82, 2.24) is 4.98 Å². The number of esters is 1. The molecule has 0 spiro atoms. The molecule has 9 nitrogen and oxygen atoms in total. The summed E-state index contributed by atoms with van der Waals surface area (Å²) in [6.45, 7) is 1.84. The number of carbonyl (C=O) groups excluding carboxylic acids is 3. The molecule has 2 heterocycles. The molecule has 0 radical (unpaired) electrons. The van der Waals surface area contributed by atoms with Crippen LogP contribution in [0, 0.1) is 0 Å². The normalized spacial score (nSPS) is 14.5. The standard InChI is InChI=1S/C16H15N3O6S2/c1-2-25-15(22)12-9-26-16(17-12)18-27(23,24)11-5-3-10(4-6-11)19-13(20)7-8-14(19)21/h3-6,9H,2,7-8H2,1H3,(H,17,18). The number of hydrogen-bond acceptors (Lipinski definition) is 8. The van der Waals surface area contributed by atoms with Crippen LogP contribution in [-0.4, -0.2) is 37.8 Å². The molecule has 2 amide bonds. The minimum Gasteiger partial charge on any atom is -0.461 e. The maximum Gasteiger partial charge on any atom is 0.357 e. The summed E-state index contributed by atoms with van der Waals surface area (Å²) < 4.78 is 32.0. The fraction of sp³-hybridized carbons (Fsp3) is 0.250. The van der Waals surface area contributed by atoms with Crippen molar-refractivity contribution in [2.45, 2.75) is 24.7 Å². The van der Waals surface area contributed by atoms with Gasteiger partial charge in [-0.25, -0.2) is 18.2 Å². The first-order valence-corrected chi connectivity index (χ1v) is 10.3. The van der Waals surface area contributed by atoms with Crippen LogP contribution in [0.2, 0.25) is 0 Å². The number of rotatable bonds is 6. The Hall–Kier alpha value is -2.79. The number of anilines is 2. The van der Waals surface area contributed by atoms with Crippen molar-refractivity contribution in [2.75, 3.05) is 16.2 Å². The van der Waals surface area contributed by atoms with Gasteiger partial charge >= 0.3 is 5.97 Å². The predicted octanol–water partition coefficient (Wildman–Crippen LogP) is 1.77. The summed E-state index contributed by atoms with van der Waals surface area (Å²) in [6, 6.07) is 5.36. The first-order valence-electron chi connectivity index (χ1n) is 7.93. The summed E-state index contributed by atoms with van der Waals surface area (Å²) in [6.07, 6.45) is 0.292. The quantitative estimate of drug-likeness (QED) is 0.570. The summed E-state index contributed by atoms with van der Waals surface area (Å²) in [4.78, 5) is 39.9. The first kappa shape index (κ1) is 19.0. The zero-order chi connectivity index (χ0) is 19.6. The molecule has 1 aromatic heterocycles. The van der Waals surface area contributed by atoms with Crippen molar-refractivity contribution in [3.05, 3.63) is 35.3 Å². The van der Waals surface area contributed by atoms with E-state index in [-0.39, 0.29) is 47.0 Å². The molecule has 1 N–H and O–H groups in total. The molecular formula is C16H15N3O6S2. The molecule has 2 aromatic rings. The molecule has 1 aromatic carbocycles. The van der Waals surface area contributed by atoms with Crippen LogP contribution in [0.25, 0.3) is 0 Å². The van der Waals surface area contributed by atoms with E-state index in [2.05, 4.69) is 9.71 Å². The predicted molar refractivity (Wildman–Crippen MR) is 97.0 cm³/mol.